The minimum absolute atomic E-state index is 0.199. The summed E-state index contributed by atoms with van der Waals surface area (Å²) in [5.41, 5.74) is 0.671. The second-order valence-corrected chi connectivity index (χ2v) is 11.6. The number of hydrogen-bond acceptors (Lipinski definition) is 6. The standard InChI is InChI=1S/C34H42N6O4/c1-34(2,3)44-33(43)38-24-40(32(42)26-13-6-5-7-14-26)29(18-11-19-35-23-30-36-20-21-39(30)4)31(41)37-22-27-16-10-15-25-12-8-9-17-28(25)27/h5-10,12-17,20-21,29,35H,11,18-19,22-24H2,1-4H3,(H,37,41)(H,38,43)/t29-/m0/s1. The van der Waals surface area contributed by atoms with Gasteiger partial charge in [0.1, 0.15) is 17.5 Å². The Morgan fingerprint density at radius 3 is 2.39 bits per heavy atom. The Morgan fingerprint density at radius 1 is 0.932 bits per heavy atom. The number of hydrogen-bond donors (Lipinski definition) is 3. The third kappa shape index (κ3) is 9.15. The van der Waals surface area contributed by atoms with Gasteiger partial charge in [0.2, 0.25) is 5.91 Å². The monoisotopic (exact) mass is 598 g/mol. The van der Waals surface area contributed by atoms with Gasteiger partial charge < -0.3 is 30.2 Å². The van der Waals surface area contributed by atoms with E-state index < -0.39 is 17.7 Å². The fourth-order valence-electron chi connectivity index (χ4n) is 4.90. The highest BCUT2D eigenvalue weighted by molar-refractivity contribution is 5.97. The maximum atomic E-state index is 13.9. The van der Waals surface area contributed by atoms with Gasteiger partial charge in [0.05, 0.1) is 13.2 Å². The van der Waals surface area contributed by atoms with E-state index in [2.05, 4.69) is 20.9 Å². The fourth-order valence-corrected chi connectivity index (χ4v) is 4.90. The van der Waals surface area contributed by atoms with Crippen molar-refractivity contribution in [1.29, 1.82) is 0 Å². The predicted octanol–water partition coefficient (Wildman–Crippen LogP) is 4.75. The molecule has 0 radical (unpaired) electrons. The molecule has 1 heterocycles. The summed E-state index contributed by atoms with van der Waals surface area (Å²) in [6.07, 6.45) is 3.93. The van der Waals surface area contributed by atoms with Crippen molar-refractivity contribution in [1.82, 2.24) is 30.4 Å². The maximum Gasteiger partial charge on any atom is 0.409 e. The molecule has 1 aromatic heterocycles. The van der Waals surface area contributed by atoms with Crippen molar-refractivity contribution in [2.45, 2.75) is 58.3 Å². The first-order chi connectivity index (χ1) is 21.1. The quantitative estimate of drug-likeness (QED) is 0.151. The number of aryl methyl sites for hydroxylation is 1. The normalized spacial score (nSPS) is 12.0. The number of amides is 3. The van der Waals surface area contributed by atoms with E-state index in [1.807, 2.05) is 66.3 Å². The molecular weight excluding hydrogens is 556 g/mol. The molecule has 0 saturated carbocycles. The maximum absolute atomic E-state index is 13.9. The lowest BCUT2D eigenvalue weighted by Crippen LogP contribution is -2.53. The van der Waals surface area contributed by atoms with E-state index in [9.17, 15) is 14.4 Å². The predicted molar refractivity (Wildman–Crippen MR) is 171 cm³/mol. The van der Waals surface area contributed by atoms with Gasteiger partial charge in [0.15, 0.2) is 0 Å². The van der Waals surface area contributed by atoms with E-state index in [0.717, 1.165) is 22.2 Å². The summed E-state index contributed by atoms with van der Waals surface area (Å²) in [7, 11) is 1.94. The van der Waals surface area contributed by atoms with Gasteiger partial charge in [-0.15, -0.1) is 0 Å². The van der Waals surface area contributed by atoms with Crippen LogP contribution in [0.1, 0.15) is 55.4 Å². The molecule has 10 nitrogen and oxygen atoms in total. The smallest absolute Gasteiger partial charge is 0.409 e. The molecule has 4 rings (SSSR count). The molecule has 0 aliphatic carbocycles. The van der Waals surface area contributed by atoms with Crippen LogP contribution >= 0.6 is 0 Å². The highest BCUT2D eigenvalue weighted by Gasteiger charge is 2.31. The number of nitrogens with one attached hydrogen (secondary N) is 3. The lowest BCUT2D eigenvalue weighted by atomic mass is 10.0. The number of carbonyl (C=O) groups excluding carboxylic acids is 3. The van der Waals surface area contributed by atoms with Crippen molar-refractivity contribution in [3.05, 3.63) is 102 Å². The summed E-state index contributed by atoms with van der Waals surface area (Å²) in [5, 5.41) is 11.3. The number of imidazole rings is 1. The van der Waals surface area contributed by atoms with Gasteiger partial charge in [-0.05, 0) is 68.6 Å². The fraction of sp³-hybridized carbons (Fsp3) is 0.353. The van der Waals surface area contributed by atoms with Gasteiger partial charge in [-0.1, -0.05) is 60.7 Å². The van der Waals surface area contributed by atoms with Crippen molar-refractivity contribution in [3.8, 4) is 0 Å². The average molecular weight is 599 g/mol. The minimum Gasteiger partial charge on any atom is -0.444 e. The first kappa shape index (κ1) is 32.2. The number of carbonyl (C=O) groups is 3. The van der Waals surface area contributed by atoms with Crippen LogP contribution in [-0.2, 0) is 29.7 Å². The molecule has 44 heavy (non-hydrogen) atoms. The molecule has 0 saturated heterocycles. The van der Waals surface area contributed by atoms with Gasteiger partial charge >= 0.3 is 6.09 Å². The van der Waals surface area contributed by atoms with E-state index in [0.29, 0.717) is 38.0 Å². The van der Waals surface area contributed by atoms with E-state index >= 15 is 0 Å². The molecule has 3 N–H and O–H groups in total. The van der Waals surface area contributed by atoms with Crippen LogP contribution in [0.25, 0.3) is 10.8 Å². The second kappa shape index (κ2) is 15.2. The van der Waals surface area contributed by atoms with Crippen LogP contribution in [0.5, 0.6) is 0 Å². The molecule has 3 amide bonds. The summed E-state index contributed by atoms with van der Waals surface area (Å²) in [6.45, 7) is 6.57. The topological polar surface area (TPSA) is 118 Å². The number of benzene rings is 3. The largest absolute Gasteiger partial charge is 0.444 e. The van der Waals surface area contributed by atoms with Gasteiger partial charge in [0, 0.05) is 31.5 Å². The third-order valence-electron chi connectivity index (χ3n) is 7.12. The molecular formula is C34H42N6O4. The lowest BCUT2D eigenvalue weighted by molar-refractivity contribution is -0.126. The molecule has 0 bridgehead atoms. The molecule has 0 aliphatic rings. The zero-order valence-corrected chi connectivity index (χ0v) is 25.9. The van der Waals surface area contributed by atoms with E-state index in [1.54, 1.807) is 51.2 Å². The zero-order valence-electron chi connectivity index (χ0n) is 25.9. The van der Waals surface area contributed by atoms with Gasteiger partial charge in [-0.25, -0.2) is 9.78 Å². The Bertz CT molecular complexity index is 1540. The lowest BCUT2D eigenvalue weighted by Gasteiger charge is -2.32. The van der Waals surface area contributed by atoms with Crippen LogP contribution in [0.3, 0.4) is 0 Å². The average Bonchev–Trinajstić information content (AvgIpc) is 3.42. The molecule has 232 valence electrons. The van der Waals surface area contributed by atoms with Crippen LogP contribution in [0.4, 0.5) is 4.79 Å². The Morgan fingerprint density at radius 2 is 1.66 bits per heavy atom. The SMILES string of the molecule is Cn1ccnc1CNCCC[C@@H](C(=O)NCc1cccc2ccccc12)N(CNC(=O)OC(C)(C)C)C(=O)c1ccccc1. The Hall–Kier alpha value is -4.70. The highest BCUT2D eigenvalue weighted by Crippen LogP contribution is 2.19. The molecule has 4 aromatic rings. The second-order valence-electron chi connectivity index (χ2n) is 11.6. The highest BCUT2D eigenvalue weighted by atomic mass is 16.6. The van der Waals surface area contributed by atoms with Crippen molar-refractivity contribution in [3.63, 3.8) is 0 Å². The molecule has 10 heteroatoms. The molecule has 3 aromatic carbocycles. The number of fused-ring (bicyclic) bond motifs is 1. The molecule has 0 aliphatic heterocycles. The first-order valence-electron chi connectivity index (χ1n) is 14.9. The van der Waals surface area contributed by atoms with Crippen molar-refractivity contribution in [2.24, 2.45) is 7.05 Å². The van der Waals surface area contributed by atoms with Gasteiger partial charge in [-0.2, -0.15) is 0 Å². The van der Waals surface area contributed by atoms with Gasteiger partial charge in [-0.3, -0.25) is 9.59 Å². The van der Waals surface area contributed by atoms with E-state index in [-0.39, 0.29) is 18.5 Å². The molecule has 1 atom stereocenters. The van der Waals surface area contributed by atoms with Crippen LogP contribution in [0.15, 0.2) is 85.2 Å². The van der Waals surface area contributed by atoms with Crippen LogP contribution < -0.4 is 16.0 Å². The zero-order chi connectivity index (χ0) is 31.5. The number of alkyl carbamates (subject to hydrolysis) is 1. The first-order valence-corrected chi connectivity index (χ1v) is 14.9. The van der Waals surface area contributed by atoms with Gasteiger partial charge in [0.25, 0.3) is 5.91 Å². The molecule has 0 spiro atoms. The number of aromatic nitrogens is 2. The Kier molecular flexibility index (Phi) is 11.1. The Balaban J connectivity index is 1.54. The summed E-state index contributed by atoms with van der Waals surface area (Å²) in [4.78, 5) is 46.1. The number of ether oxygens (including phenoxy) is 1. The van der Waals surface area contributed by atoms with Crippen LogP contribution in [0.2, 0.25) is 0 Å². The van der Waals surface area contributed by atoms with Crippen LogP contribution in [-0.4, -0.2) is 57.2 Å². The van der Waals surface area contributed by atoms with E-state index in [1.165, 1.54) is 4.90 Å². The number of rotatable bonds is 13. The number of nitrogens with zero attached hydrogens (tertiary/aromatic N) is 3. The van der Waals surface area contributed by atoms with Crippen molar-refractivity contribution < 1.29 is 19.1 Å². The van der Waals surface area contributed by atoms with Crippen molar-refractivity contribution >= 4 is 28.7 Å². The Labute approximate surface area is 258 Å². The summed E-state index contributed by atoms with van der Waals surface area (Å²) in [6, 6.07) is 21.9. The third-order valence-corrected chi connectivity index (χ3v) is 7.12. The summed E-state index contributed by atoms with van der Waals surface area (Å²) >= 11 is 0. The van der Waals surface area contributed by atoms with Crippen LogP contribution in [0, 0.1) is 0 Å². The van der Waals surface area contributed by atoms with E-state index in [4.69, 9.17) is 4.74 Å². The summed E-state index contributed by atoms with van der Waals surface area (Å²) in [5.74, 6) is 0.224. The molecule has 0 fully saturated rings. The molecule has 0 unspecified atom stereocenters. The minimum atomic E-state index is -0.859. The summed E-state index contributed by atoms with van der Waals surface area (Å²) < 4.78 is 7.36. The van der Waals surface area contributed by atoms with Crippen molar-refractivity contribution in [2.75, 3.05) is 13.2 Å².